The van der Waals surface area contributed by atoms with Gasteiger partial charge >= 0.3 is 11.9 Å². The minimum absolute atomic E-state index is 0.149. The molecule has 0 aliphatic carbocycles. The van der Waals surface area contributed by atoms with Crippen LogP contribution in [0.2, 0.25) is 0 Å². The summed E-state index contributed by atoms with van der Waals surface area (Å²) >= 11 is 0. The van der Waals surface area contributed by atoms with Crippen molar-refractivity contribution in [2.75, 3.05) is 6.61 Å². The fraction of sp³-hybridized carbons (Fsp3) is 0.273. The van der Waals surface area contributed by atoms with E-state index in [1.54, 1.807) is 45.0 Å². The molecule has 8 nitrogen and oxygen atoms in total. The third-order valence-electron chi connectivity index (χ3n) is 4.65. The number of hydrogen-bond acceptors (Lipinski definition) is 7. The summed E-state index contributed by atoms with van der Waals surface area (Å²) in [5, 5.41) is 0.335. The molecular formula is C22H21NO7. The third-order valence-corrected chi connectivity index (χ3v) is 4.65. The lowest BCUT2D eigenvalue weighted by Gasteiger charge is -2.12. The average molecular weight is 411 g/mol. The average Bonchev–Trinajstić information content (AvgIpc) is 3.01. The molecule has 0 unspecified atom stereocenters. The number of ether oxygens (including phenoxy) is 2. The minimum atomic E-state index is -1.18. The maximum Gasteiger partial charge on any atom is 0.375 e. The number of carbonyl (C=O) groups is 3. The van der Waals surface area contributed by atoms with Crippen LogP contribution in [0.3, 0.4) is 0 Å². The molecule has 0 fully saturated rings. The van der Waals surface area contributed by atoms with E-state index in [2.05, 4.69) is 4.98 Å². The van der Waals surface area contributed by atoms with Gasteiger partial charge in [-0.2, -0.15) is 0 Å². The summed E-state index contributed by atoms with van der Waals surface area (Å²) in [5.74, 6) is -2.30. The first-order valence-electron chi connectivity index (χ1n) is 9.39. The van der Waals surface area contributed by atoms with Gasteiger partial charge in [-0.25, -0.2) is 9.59 Å². The summed E-state index contributed by atoms with van der Waals surface area (Å²) in [6.45, 7) is 6.56. The van der Waals surface area contributed by atoms with Crippen molar-refractivity contribution in [2.24, 2.45) is 0 Å². The van der Waals surface area contributed by atoms with Crippen LogP contribution in [-0.2, 0) is 9.47 Å². The SMILES string of the molecule is CCOC(=O)c1c(C)[nH]c(C(=O)[C@@H](C)OC(=O)c2cc(=O)c3ccccc3o2)c1C. The number of carbonyl (C=O) groups excluding carboxylic acids is 3. The van der Waals surface area contributed by atoms with Gasteiger partial charge in [0.1, 0.15) is 5.58 Å². The second-order valence-electron chi connectivity index (χ2n) is 6.73. The van der Waals surface area contributed by atoms with Crippen molar-refractivity contribution in [2.45, 2.75) is 33.8 Å². The van der Waals surface area contributed by atoms with Crippen molar-refractivity contribution < 1.29 is 28.3 Å². The lowest BCUT2D eigenvalue weighted by molar-refractivity contribution is 0.0287. The Labute approximate surface area is 171 Å². The molecule has 0 amide bonds. The molecule has 156 valence electrons. The van der Waals surface area contributed by atoms with E-state index in [1.807, 2.05) is 0 Å². The highest BCUT2D eigenvalue weighted by atomic mass is 16.6. The Hall–Kier alpha value is -3.68. The van der Waals surface area contributed by atoms with Gasteiger partial charge in [0.2, 0.25) is 11.5 Å². The van der Waals surface area contributed by atoms with Crippen LogP contribution < -0.4 is 5.43 Å². The number of aromatic nitrogens is 1. The van der Waals surface area contributed by atoms with E-state index in [0.29, 0.717) is 16.6 Å². The van der Waals surface area contributed by atoms with Gasteiger partial charge in [-0.15, -0.1) is 0 Å². The predicted octanol–water partition coefficient (Wildman–Crippen LogP) is 3.34. The first kappa shape index (κ1) is 21.0. The Morgan fingerprint density at radius 2 is 1.83 bits per heavy atom. The molecule has 2 aromatic heterocycles. The van der Waals surface area contributed by atoms with Crippen LogP contribution in [0.25, 0.3) is 11.0 Å². The molecule has 30 heavy (non-hydrogen) atoms. The fourth-order valence-corrected chi connectivity index (χ4v) is 3.19. The maximum absolute atomic E-state index is 12.8. The Morgan fingerprint density at radius 3 is 2.53 bits per heavy atom. The van der Waals surface area contributed by atoms with E-state index in [-0.39, 0.29) is 29.2 Å². The minimum Gasteiger partial charge on any atom is -0.462 e. The van der Waals surface area contributed by atoms with Crippen LogP contribution in [0.15, 0.2) is 39.5 Å². The summed E-state index contributed by atoms with van der Waals surface area (Å²) < 4.78 is 15.7. The summed E-state index contributed by atoms with van der Waals surface area (Å²) in [7, 11) is 0. The molecule has 8 heteroatoms. The molecule has 0 saturated heterocycles. The van der Waals surface area contributed by atoms with E-state index in [4.69, 9.17) is 13.9 Å². The second-order valence-corrected chi connectivity index (χ2v) is 6.73. The first-order valence-corrected chi connectivity index (χ1v) is 9.39. The van der Waals surface area contributed by atoms with Crippen LogP contribution in [0.1, 0.15) is 56.5 Å². The molecule has 1 N–H and O–H groups in total. The number of para-hydroxylation sites is 1. The number of nitrogens with one attached hydrogen (secondary N) is 1. The van der Waals surface area contributed by atoms with Crippen LogP contribution in [0, 0.1) is 13.8 Å². The van der Waals surface area contributed by atoms with E-state index >= 15 is 0 Å². The molecule has 2 heterocycles. The Balaban J connectivity index is 1.83. The molecular weight excluding hydrogens is 390 g/mol. The number of ketones is 1. The zero-order chi connectivity index (χ0) is 22.0. The number of aromatic amines is 1. The number of rotatable bonds is 6. The third kappa shape index (κ3) is 3.89. The molecule has 0 aliphatic heterocycles. The Morgan fingerprint density at radius 1 is 1.13 bits per heavy atom. The topological polar surface area (TPSA) is 116 Å². The zero-order valence-corrected chi connectivity index (χ0v) is 17.0. The monoisotopic (exact) mass is 411 g/mol. The van der Waals surface area contributed by atoms with Crippen molar-refractivity contribution in [1.82, 2.24) is 4.98 Å². The largest absolute Gasteiger partial charge is 0.462 e. The van der Waals surface area contributed by atoms with Crippen LogP contribution in [-0.4, -0.2) is 35.4 Å². The highest BCUT2D eigenvalue weighted by molar-refractivity contribution is 6.04. The molecule has 0 aliphatic rings. The molecule has 0 spiro atoms. The predicted molar refractivity (Wildman–Crippen MR) is 108 cm³/mol. The number of H-pyrrole nitrogens is 1. The van der Waals surface area contributed by atoms with Gasteiger partial charge in [0, 0.05) is 11.8 Å². The summed E-state index contributed by atoms with van der Waals surface area (Å²) in [5.41, 5.74) is 1.17. The number of benzene rings is 1. The van der Waals surface area contributed by atoms with E-state index in [9.17, 15) is 19.2 Å². The highest BCUT2D eigenvalue weighted by Crippen LogP contribution is 2.21. The second kappa shape index (κ2) is 8.36. The summed E-state index contributed by atoms with van der Waals surface area (Å²) in [6, 6.07) is 7.53. The van der Waals surface area contributed by atoms with Crippen LogP contribution in [0.5, 0.6) is 0 Å². The highest BCUT2D eigenvalue weighted by Gasteiger charge is 2.28. The zero-order valence-electron chi connectivity index (χ0n) is 17.0. The number of esters is 2. The molecule has 0 saturated carbocycles. The molecule has 3 rings (SSSR count). The van der Waals surface area contributed by atoms with Gasteiger partial charge in [-0.1, -0.05) is 12.1 Å². The normalized spacial score (nSPS) is 11.9. The van der Waals surface area contributed by atoms with Gasteiger partial charge in [-0.3, -0.25) is 9.59 Å². The van der Waals surface area contributed by atoms with Gasteiger partial charge in [0.15, 0.2) is 11.5 Å². The molecule has 3 aromatic rings. The first-order chi connectivity index (χ1) is 14.2. The molecule has 0 radical (unpaired) electrons. The van der Waals surface area contributed by atoms with E-state index < -0.39 is 29.3 Å². The standard InChI is InChI=1S/C22H21NO7/c1-5-28-22(27)18-11(2)19(23-12(18)3)20(25)13(4)29-21(26)17-10-15(24)14-8-6-7-9-16(14)30-17/h6-10,13,23H,5H2,1-4H3/t13-/m1/s1. The fourth-order valence-electron chi connectivity index (χ4n) is 3.19. The van der Waals surface area contributed by atoms with Gasteiger partial charge in [0.25, 0.3) is 0 Å². The molecule has 1 atom stereocenters. The lowest BCUT2D eigenvalue weighted by Crippen LogP contribution is -2.26. The number of Topliss-reactive ketones (excluding diaryl/α,β-unsaturated/α-hetero) is 1. The number of hydrogen-bond donors (Lipinski definition) is 1. The smallest absolute Gasteiger partial charge is 0.375 e. The van der Waals surface area contributed by atoms with Crippen molar-refractivity contribution in [3.63, 3.8) is 0 Å². The van der Waals surface area contributed by atoms with Gasteiger partial charge < -0.3 is 18.9 Å². The van der Waals surface area contributed by atoms with Gasteiger partial charge in [0.05, 0.1) is 23.3 Å². The van der Waals surface area contributed by atoms with Crippen molar-refractivity contribution in [1.29, 1.82) is 0 Å². The Bertz CT molecular complexity index is 1200. The molecule has 0 bridgehead atoms. The van der Waals surface area contributed by atoms with Crippen molar-refractivity contribution in [3.8, 4) is 0 Å². The summed E-state index contributed by atoms with van der Waals surface area (Å²) in [4.78, 5) is 52.4. The number of aryl methyl sites for hydroxylation is 1. The lowest BCUT2D eigenvalue weighted by atomic mass is 10.1. The Kier molecular flexibility index (Phi) is 5.86. The van der Waals surface area contributed by atoms with E-state index in [0.717, 1.165) is 6.07 Å². The van der Waals surface area contributed by atoms with Crippen molar-refractivity contribution >= 4 is 28.7 Å². The van der Waals surface area contributed by atoms with Crippen molar-refractivity contribution in [3.05, 3.63) is 68.8 Å². The van der Waals surface area contributed by atoms with Crippen LogP contribution in [0.4, 0.5) is 0 Å². The molecule has 1 aromatic carbocycles. The van der Waals surface area contributed by atoms with Crippen LogP contribution >= 0.6 is 0 Å². The maximum atomic E-state index is 12.8. The number of fused-ring (bicyclic) bond motifs is 1. The van der Waals surface area contributed by atoms with Gasteiger partial charge in [-0.05, 0) is 45.4 Å². The summed E-state index contributed by atoms with van der Waals surface area (Å²) in [6.07, 6.45) is -1.18. The quantitative estimate of drug-likeness (QED) is 0.488. The van der Waals surface area contributed by atoms with E-state index in [1.165, 1.54) is 6.92 Å².